The number of benzene rings is 1. The molecule has 0 unspecified atom stereocenters. The Bertz CT molecular complexity index is 919. The average Bonchev–Trinajstić information content (AvgIpc) is 3.20. The third-order valence-corrected chi connectivity index (χ3v) is 6.27. The summed E-state index contributed by atoms with van der Waals surface area (Å²) in [5.74, 6) is 0.930. The van der Waals surface area contributed by atoms with Gasteiger partial charge in [0, 0.05) is 25.6 Å². The molecule has 4 rings (SSSR count). The first-order valence-electron chi connectivity index (χ1n) is 9.64. The lowest BCUT2D eigenvalue weighted by Gasteiger charge is -2.30. The van der Waals surface area contributed by atoms with E-state index in [2.05, 4.69) is 4.98 Å². The monoisotopic (exact) mass is 371 g/mol. The van der Waals surface area contributed by atoms with Crippen LogP contribution in [0.4, 0.5) is 0 Å². The van der Waals surface area contributed by atoms with Gasteiger partial charge in [0.1, 0.15) is 0 Å². The maximum Gasteiger partial charge on any atom is 0.262 e. The highest BCUT2D eigenvalue weighted by Gasteiger charge is 2.30. The molecule has 2 heterocycles. The second-order valence-corrected chi connectivity index (χ2v) is 8.03. The molecule has 1 aromatic heterocycles. The molecule has 2 aromatic rings. The van der Waals surface area contributed by atoms with Crippen molar-refractivity contribution in [1.82, 2.24) is 14.5 Å². The van der Waals surface area contributed by atoms with Crippen molar-refractivity contribution in [2.45, 2.75) is 45.1 Å². The second kappa shape index (κ2) is 7.35. The van der Waals surface area contributed by atoms with Gasteiger partial charge in [-0.15, -0.1) is 0 Å². The van der Waals surface area contributed by atoms with E-state index in [0.717, 1.165) is 57.1 Å². The minimum absolute atomic E-state index is 0.0142. The van der Waals surface area contributed by atoms with Crippen molar-refractivity contribution in [1.29, 1.82) is 0 Å². The number of H-pyrrole nitrogens is 1. The molecule has 1 aliphatic heterocycles. The summed E-state index contributed by atoms with van der Waals surface area (Å²) in [6, 6.07) is 7.49. The van der Waals surface area contributed by atoms with Crippen molar-refractivity contribution in [3.05, 3.63) is 39.4 Å². The highest BCUT2D eigenvalue weighted by molar-refractivity contribution is 7.71. The van der Waals surface area contributed by atoms with Gasteiger partial charge in [-0.1, -0.05) is 12.1 Å². The van der Waals surface area contributed by atoms with E-state index in [1.54, 1.807) is 4.57 Å². The molecular weight excluding hydrogens is 346 g/mol. The molecule has 1 saturated heterocycles. The normalized spacial score (nSPS) is 23.5. The molecule has 1 N–H and O–H groups in total. The molecule has 5 nitrogen and oxygen atoms in total. The number of hydrogen-bond donors (Lipinski definition) is 1. The molecule has 1 aromatic carbocycles. The van der Waals surface area contributed by atoms with Crippen LogP contribution in [-0.4, -0.2) is 33.4 Å². The smallest absolute Gasteiger partial charge is 0.262 e. The van der Waals surface area contributed by atoms with Crippen molar-refractivity contribution in [3.8, 4) is 0 Å². The summed E-state index contributed by atoms with van der Waals surface area (Å²) in [5.41, 5.74) is 0.776. The van der Waals surface area contributed by atoms with Crippen LogP contribution in [0.1, 0.15) is 38.5 Å². The Morgan fingerprint density at radius 1 is 1.12 bits per heavy atom. The number of nitrogens with one attached hydrogen (secondary N) is 1. The van der Waals surface area contributed by atoms with E-state index in [4.69, 9.17) is 12.2 Å². The van der Waals surface area contributed by atoms with E-state index < -0.39 is 0 Å². The van der Waals surface area contributed by atoms with Gasteiger partial charge in [-0.3, -0.25) is 14.2 Å². The second-order valence-electron chi connectivity index (χ2n) is 7.64. The van der Waals surface area contributed by atoms with Gasteiger partial charge in [0.05, 0.1) is 10.9 Å². The van der Waals surface area contributed by atoms with E-state index in [1.807, 2.05) is 29.2 Å². The summed E-state index contributed by atoms with van der Waals surface area (Å²) in [7, 11) is 0. The zero-order chi connectivity index (χ0) is 18.1. The maximum absolute atomic E-state index is 12.8. The number of nitrogens with zero attached hydrogens (tertiary/aromatic N) is 2. The Labute approximate surface area is 158 Å². The Balaban J connectivity index is 1.45. The van der Waals surface area contributed by atoms with Crippen LogP contribution in [0.15, 0.2) is 29.1 Å². The Morgan fingerprint density at radius 3 is 2.54 bits per heavy atom. The van der Waals surface area contributed by atoms with Gasteiger partial charge in [0.25, 0.3) is 5.56 Å². The number of likely N-dealkylation sites (tertiary alicyclic amines) is 1. The van der Waals surface area contributed by atoms with Crippen LogP contribution in [0.3, 0.4) is 0 Å². The van der Waals surface area contributed by atoms with Gasteiger partial charge >= 0.3 is 0 Å². The third-order valence-electron chi connectivity index (χ3n) is 5.94. The lowest BCUT2D eigenvalue weighted by atomic mass is 9.81. The first kappa shape index (κ1) is 17.5. The van der Waals surface area contributed by atoms with Crippen molar-refractivity contribution in [3.63, 3.8) is 0 Å². The van der Waals surface area contributed by atoms with Gasteiger partial charge in [-0.05, 0) is 68.8 Å². The Kier molecular flexibility index (Phi) is 4.94. The van der Waals surface area contributed by atoms with Crippen molar-refractivity contribution in [2.24, 2.45) is 11.8 Å². The summed E-state index contributed by atoms with van der Waals surface area (Å²) in [5, 5.41) is 0.680. The molecule has 1 aliphatic carbocycles. The van der Waals surface area contributed by atoms with E-state index in [-0.39, 0.29) is 11.5 Å². The predicted molar refractivity (Wildman–Crippen MR) is 105 cm³/mol. The highest BCUT2D eigenvalue weighted by atomic mass is 32.1. The largest absolute Gasteiger partial charge is 0.342 e. The fourth-order valence-corrected chi connectivity index (χ4v) is 4.68. The molecule has 0 radical (unpaired) electrons. The van der Waals surface area contributed by atoms with Gasteiger partial charge < -0.3 is 9.88 Å². The zero-order valence-corrected chi connectivity index (χ0v) is 15.8. The maximum atomic E-state index is 12.8. The van der Waals surface area contributed by atoms with Crippen LogP contribution in [0.2, 0.25) is 0 Å². The van der Waals surface area contributed by atoms with E-state index in [9.17, 15) is 9.59 Å². The lowest BCUT2D eigenvalue weighted by Crippen LogP contribution is -2.36. The van der Waals surface area contributed by atoms with Gasteiger partial charge in [-0.2, -0.15) is 0 Å². The number of para-hydroxylation sites is 1. The Morgan fingerprint density at radius 2 is 1.81 bits per heavy atom. The van der Waals surface area contributed by atoms with Crippen molar-refractivity contribution < 1.29 is 4.79 Å². The van der Waals surface area contributed by atoms with Gasteiger partial charge in [0.2, 0.25) is 5.91 Å². The summed E-state index contributed by atoms with van der Waals surface area (Å²) in [6.45, 7) is 2.50. The van der Waals surface area contributed by atoms with E-state index in [1.165, 1.54) is 0 Å². The summed E-state index contributed by atoms with van der Waals surface area (Å²) < 4.78 is 2.19. The minimum Gasteiger partial charge on any atom is -0.342 e. The number of aromatic nitrogens is 2. The summed E-state index contributed by atoms with van der Waals surface area (Å²) in [4.78, 5) is 30.6. The molecule has 1 saturated carbocycles. The number of carbonyl (C=O) groups excluding carboxylic acids is 1. The average molecular weight is 372 g/mol. The molecule has 1 amide bonds. The Hall–Kier alpha value is -1.95. The van der Waals surface area contributed by atoms with E-state index in [0.29, 0.717) is 28.5 Å². The molecule has 0 atom stereocenters. The minimum atomic E-state index is -0.0142. The fraction of sp³-hybridized carbons (Fsp3) is 0.550. The number of amides is 1. The van der Waals surface area contributed by atoms with Gasteiger partial charge in [-0.25, -0.2) is 0 Å². The fourth-order valence-electron chi connectivity index (χ4n) is 4.41. The lowest BCUT2D eigenvalue weighted by molar-refractivity contribution is -0.135. The van der Waals surface area contributed by atoms with Crippen LogP contribution in [0.25, 0.3) is 10.9 Å². The number of carbonyl (C=O) groups is 1. The molecule has 6 heteroatoms. The standard InChI is InChI=1S/C20H25N3O2S/c24-18(22-11-3-4-12-22)15-9-7-14(8-10-15)13-23-19(25)16-5-1-2-6-17(16)21-20(23)26/h1-2,5-6,14-15H,3-4,7-13H2,(H,21,26). The summed E-state index contributed by atoms with van der Waals surface area (Å²) in [6.07, 6.45) is 6.11. The van der Waals surface area contributed by atoms with Gasteiger partial charge in [0.15, 0.2) is 4.77 Å². The zero-order valence-electron chi connectivity index (χ0n) is 14.9. The SMILES string of the molecule is O=C(C1CCC(Cn2c(=S)[nH]c3ccccc3c2=O)CC1)N1CCCC1. The quantitative estimate of drug-likeness (QED) is 0.840. The van der Waals surface area contributed by atoms with Crippen molar-refractivity contribution >= 4 is 29.0 Å². The number of hydrogen-bond acceptors (Lipinski definition) is 3. The molecule has 2 fully saturated rings. The number of aromatic amines is 1. The van der Waals surface area contributed by atoms with Crippen LogP contribution >= 0.6 is 12.2 Å². The van der Waals surface area contributed by atoms with Crippen LogP contribution < -0.4 is 5.56 Å². The topological polar surface area (TPSA) is 58.1 Å². The molecule has 26 heavy (non-hydrogen) atoms. The van der Waals surface area contributed by atoms with E-state index >= 15 is 0 Å². The molecular formula is C20H25N3O2S. The molecule has 138 valence electrons. The van der Waals surface area contributed by atoms with Crippen molar-refractivity contribution in [2.75, 3.05) is 13.1 Å². The van der Waals surface area contributed by atoms with Crippen LogP contribution in [0, 0.1) is 16.6 Å². The molecule has 2 aliphatic rings. The number of fused-ring (bicyclic) bond motifs is 1. The predicted octanol–water partition coefficient (Wildman–Crippen LogP) is 3.49. The summed E-state index contributed by atoms with van der Waals surface area (Å²) >= 11 is 5.42. The number of rotatable bonds is 3. The van der Waals surface area contributed by atoms with Crippen LogP contribution in [-0.2, 0) is 11.3 Å². The molecule has 0 spiro atoms. The third kappa shape index (κ3) is 3.34. The molecule has 0 bridgehead atoms. The van der Waals surface area contributed by atoms with Crippen LogP contribution in [0.5, 0.6) is 0 Å². The first-order valence-corrected chi connectivity index (χ1v) is 10.0. The highest BCUT2D eigenvalue weighted by Crippen LogP contribution is 2.31. The first-order chi connectivity index (χ1) is 12.6.